The molecule has 0 bridgehead atoms. The Morgan fingerprint density at radius 3 is 2.85 bits per heavy atom. The SMILES string of the molecule is CCCCOc1c(OC)cc(/C=N\n2c(CC)n[nH]c2=S)cc1[N+](=O)[O-]. The largest absolute Gasteiger partial charge is 0.493 e. The lowest BCUT2D eigenvalue weighted by molar-refractivity contribution is -0.386. The zero-order valence-electron chi connectivity index (χ0n) is 14.9. The Morgan fingerprint density at radius 1 is 1.46 bits per heavy atom. The standard InChI is InChI=1S/C16H21N5O4S/c1-4-6-7-25-15-12(21(22)23)8-11(9-13(15)24-3)10-17-20-14(5-2)18-19-16(20)26/h8-10H,4-7H2,1-3H3,(H,19,26)/b17-10-. The van der Waals surface area contributed by atoms with Crippen LogP contribution in [0.4, 0.5) is 5.69 Å². The molecule has 0 aliphatic heterocycles. The molecule has 0 atom stereocenters. The Kier molecular flexibility index (Phi) is 6.84. The number of benzene rings is 1. The van der Waals surface area contributed by atoms with Crippen LogP contribution in [0.1, 0.15) is 38.1 Å². The molecule has 1 aromatic heterocycles. The van der Waals surface area contributed by atoms with Gasteiger partial charge in [0.1, 0.15) is 0 Å². The molecule has 0 spiro atoms. The molecule has 2 aromatic rings. The van der Waals surface area contributed by atoms with Crippen molar-refractivity contribution in [1.82, 2.24) is 14.9 Å². The second-order valence-corrected chi connectivity index (χ2v) is 5.77. The third-order valence-corrected chi connectivity index (χ3v) is 3.84. The topological polar surface area (TPSA) is 108 Å². The maximum Gasteiger partial charge on any atom is 0.315 e. The van der Waals surface area contributed by atoms with Crippen LogP contribution in [0.3, 0.4) is 0 Å². The predicted octanol–water partition coefficient (Wildman–Crippen LogP) is 3.48. The minimum atomic E-state index is -0.498. The summed E-state index contributed by atoms with van der Waals surface area (Å²) in [5.74, 6) is 1.06. The molecule has 2 rings (SSSR count). The van der Waals surface area contributed by atoms with E-state index in [-0.39, 0.29) is 17.2 Å². The summed E-state index contributed by atoms with van der Waals surface area (Å²) < 4.78 is 12.7. The highest BCUT2D eigenvalue weighted by Crippen LogP contribution is 2.38. The molecule has 0 saturated heterocycles. The number of nitro benzene ring substituents is 1. The van der Waals surface area contributed by atoms with Crippen molar-refractivity contribution in [1.29, 1.82) is 0 Å². The van der Waals surface area contributed by atoms with E-state index in [0.29, 0.717) is 29.2 Å². The lowest BCUT2D eigenvalue weighted by Gasteiger charge is -2.11. The first-order valence-corrected chi connectivity index (χ1v) is 8.62. The van der Waals surface area contributed by atoms with E-state index in [9.17, 15) is 10.1 Å². The summed E-state index contributed by atoms with van der Waals surface area (Å²) in [7, 11) is 1.44. The van der Waals surface area contributed by atoms with Gasteiger partial charge in [0, 0.05) is 18.1 Å². The molecule has 9 nitrogen and oxygen atoms in total. The molecule has 1 N–H and O–H groups in total. The summed E-state index contributed by atoms with van der Waals surface area (Å²) in [5, 5.41) is 22.4. The molecule has 0 radical (unpaired) electrons. The van der Waals surface area contributed by atoms with E-state index in [1.54, 1.807) is 6.07 Å². The molecule has 1 heterocycles. The number of aromatic amines is 1. The van der Waals surface area contributed by atoms with Gasteiger partial charge in [0.05, 0.1) is 24.9 Å². The smallest absolute Gasteiger partial charge is 0.315 e. The number of nitro groups is 1. The van der Waals surface area contributed by atoms with Gasteiger partial charge in [0.2, 0.25) is 10.5 Å². The summed E-state index contributed by atoms with van der Waals surface area (Å²) in [6, 6.07) is 3.02. The normalized spacial score (nSPS) is 11.0. The first-order valence-electron chi connectivity index (χ1n) is 8.21. The van der Waals surface area contributed by atoms with Gasteiger partial charge in [-0.05, 0) is 24.7 Å². The second kappa shape index (κ2) is 9.09. The highest BCUT2D eigenvalue weighted by Gasteiger charge is 2.22. The van der Waals surface area contributed by atoms with Crippen molar-refractivity contribution >= 4 is 24.1 Å². The van der Waals surface area contributed by atoms with Crippen LogP contribution in [-0.2, 0) is 6.42 Å². The average Bonchev–Trinajstić information content (AvgIpc) is 2.99. The fourth-order valence-corrected chi connectivity index (χ4v) is 2.43. The van der Waals surface area contributed by atoms with Gasteiger partial charge in [0.25, 0.3) is 0 Å². The van der Waals surface area contributed by atoms with Crippen LogP contribution >= 0.6 is 12.2 Å². The Hall–Kier alpha value is -2.75. The van der Waals surface area contributed by atoms with Crippen LogP contribution in [0.2, 0.25) is 0 Å². The molecule has 0 amide bonds. The number of rotatable bonds is 9. The van der Waals surface area contributed by atoms with Gasteiger partial charge in [-0.3, -0.25) is 15.2 Å². The lowest BCUT2D eigenvalue weighted by Crippen LogP contribution is -2.04. The van der Waals surface area contributed by atoms with E-state index >= 15 is 0 Å². The number of nitrogens with zero attached hydrogens (tertiary/aromatic N) is 4. The molecular weight excluding hydrogens is 358 g/mol. The monoisotopic (exact) mass is 379 g/mol. The van der Waals surface area contributed by atoms with Crippen LogP contribution < -0.4 is 9.47 Å². The number of nitrogens with one attached hydrogen (secondary N) is 1. The zero-order valence-corrected chi connectivity index (χ0v) is 15.7. The molecule has 0 aliphatic carbocycles. The van der Waals surface area contributed by atoms with E-state index in [1.807, 2.05) is 13.8 Å². The Morgan fingerprint density at radius 2 is 2.23 bits per heavy atom. The van der Waals surface area contributed by atoms with Crippen LogP contribution in [0.25, 0.3) is 0 Å². The summed E-state index contributed by atoms with van der Waals surface area (Å²) in [5.41, 5.74) is 0.315. The van der Waals surface area contributed by atoms with E-state index in [0.717, 1.165) is 12.8 Å². The average molecular weight is 379 g/mol. The van der Waals surface area contributed by atoms with Crippen molar-refractivity contribution < 1.29 is 14.4 Å². The maximum atomic E-state index is 11.5. The lowest BCUT2D eigenvalue weighted by atomic mass is 10.2. The minimum absolute atomic E-state index is 0.122. The number of aryl methyl sites for hydroxylation is 1. The van der Waals surface area contributed by atoms with Crippen LogP contribution in [-0.4, -0.2) is 39.7 Å². The van der Waals surface area contributed by atoms with Crippen molar-refractivity contribution in [2.24, 2.45) is 5.10 Å². The minimum Gasteiger partial charge on any atom is -0.493 e. The van der Waals surface area contributed by atoms with Gasteiger partial charge in [-0.25, -0.2) is 0 Å². The molecule has 0 unspecified atom stereocenters. The van der Waals surface area contributed by atoms with Crippen molar-refractivity contribution in [2.75, 3.05) is 13.7 Å². The third-order valence-electron chi connectivity index (χ3n) is 3.57. The zero-order chi connectivity index (χ0) is 19.1. The fourth-order valence-electron chi connectivity index (χ4n) is 2.23. The summed E-state index contributed by atoms with van der Waals surface area (Å²) >= 11 is 5.13. The number of methoxy groups -OCH3 is 1. The van der Waals surface area contributed by atoms with Crippen molar-refractivity contribution in [2.45, 2.75) is 33.1 Å². The third kappa shape index (κ3) is 4.45. The van der Waals surface area contributed by atoms with E-state index in [2.05, 4.69) is 15.3 Å². The number of H-pyrrole nitrogens is 1. The fraction of sp³-hybridized carbons (Fsp3) is 0.438. The van der Waals surface area contributed by atoms with Gasteiger partial charge in [0.15, 0.2) is 11.6 Å². The van der Waals surface area contributed by atoms with Gasteiger partial charge < -0.3 is 9.47 Å². The van der Waals surface area contributed by atoms with Crippen LogP contribution in [0.15, 0.2) is 17.2 Å². The molecule has 0 fully saturated rings. The summed E-state index contributed by atoms with van der Waals surface area (Å²) in [4.78, 5) is 11.0. The number of hydrogen-bond acceptors (Lipinski definition) is 7. The molecule has 0 saturated carbocycles. The molecule has 0 aliphatic rings. The highest BCUT2D eigenvalue weighted by molar-refractivity contribution is 7.71. The summed E-state index contributed by atoms with van der Waals surface area (Å²) in [6.45, 7) is 4.32. The number of unbranched alkanes of at least 4 members (excludes halogenated alkanes) is 1. The molecule has 26 heavy (non-hydrogen) atoms. The van der Waals surface area contributed by atoms with E-state index in [4.69, 9.17) is 21.7 Å². The number of hydrogen-bond donors (Lipinski definition) is 1. The number of ether oxygens (including phenoxy) is 2. The second-order valence-electron chi connectivity index (χ2n) is 5.39. The maximum absolute atomic E-state index is 11.5. The quantitative estimate of drug-likeness (QED) is 0.235. The first kappa shape index (κ1) is 19.6. The van der Waals surface area contributed by atoms with Crippen molar-refractivity contribution in [3.05, 3.63) is 38.4 Å². The van der Waals surface area contributed by atoms with Gasteiger partial charge >= 0.3 is 5.69 Å². The van der Waals surface area contributed by atoms with Gasteiger partial charge in [-0.2, -0.15) is 14.9 Å². The molecule has 1 aromatic carbocycles. The Labute approximate surface area is 155 Å². The van der Waals surface area contributed by atoms with Gasteiger partial charge in [-0.1, -0.05) is 20.3 Å². The van der Waals surface area contributed by atoms with Crippen LogP contribution in [0, 0.1) is 14.9 Å². The van der Waals surface area contributed by atoms with Crippen molar-refractivity contribution in [3.8, 4) is 11.5 Å². The number of aromatic nitrogens is 3. The Balaban J connectivity index is 2.42. The van der Waals surface area contributed by atoms with Gasteiger partial charge in [-0.15, -0.1) is 0 Å². The molecule has 140 valence electrons. The predicted molar refractivity (Wildman–Crippen MR) is 99.8 cm³/mol. The van der Waals surface area contributed by atoms with Crippen LogP contribution in [0.5, 0.6) is 11.5 Å². The summed E-state index contributed by atoms with van der Waals surface area (Å²) in [6.07, 6.45) is 3.82. The Bertz CT molecular complexity index is 859. The highest BCUT2D eigenvalue weighted by atomic mass is 32.1. The molecular formula is C16H21N5O4S. The first-order chi connectivity index (χ1) is 12.5. The van der Waals surface area contributed by atoms with Crippen molar-refractivity contribution in [3.63, 3.8) is 0 Å². The molecule has 10 heteroatoms. The van der Waals surface area contributed by atoms with E-state index in [1.165, 1.54) is 24.1 Å². The van der Waals surface area contributed by atoms with E-state index < -0.39 is 4.92 Å².